The fourth-order valence-electron chi connectivity index (χ4n) is 3.11. The van der Waals surface area contributed by atoms with Crippen LogP contribution in [0.5, 0.6) is 0 Å². The number of halogens is 5. The van der Waals surface area contributed by atoms with Gasteiger partial charge >= 0.3 is 6.18 Å². The Bertz CT molecular complexity index is 853. The summed E-state index contributed by atoms with van der Waals surface area (Å²) in [7, 11) is 0. The zero-order valence-electron chi connectivity index (χ0n) is 14.8. The zero-order valence-corrected chi connectivity index (χ0v) is 16.3. The summed E-state index contributed by atoms with van der Waals surface area (Å²) in [5.74, 6) is -0.501. The van der Waals surface area contributed by atoms with Crippen LogP contribution in [0.25, 0.3) is 0 Å². The Morgan fingerprint density at radius 1 is 1.04 bits per heavy atom. The molecule has 0 atom stereocenters. The minimum Gasteiger partial charge on any atom is -0.368 e. The summed E-state index contributed by atoms with van der Waals surface area (Å²) in [5.41, 5.74) is -0.322. The maximum Gasteiger partial charge on any atom is 0.418 e. The van der Waals surface area contributed by atoms with Crippen molar-refractivity contribution in [2.45, 2.75) is 6.18 Å². The molecule has 4 nitrogen and oxygen atoms in total. The molecule has 1 heterocycles. The van der Waals surface area contributed by atoms with E-state index in [1.54, 1.807) is 0 Å². The number of hydrogen-bond acceptors (Lipinski definition) is 3. The van der Waals surface area contributed by atoms with Gasteiger partial charge in [0.15, 0.2) is 0 Å². The van der Waals surface area contributed by atoms with Crippen LogP contribution in [0.15, 0.2) is 42.5 Å². The molecule has 0 spiro atoms. The van der Waals surface area contributed by atoms with E-state index in [-0.39, 0.29) is 17.3 Å². The van der Waals surface area contributed by atoms with Crippen LogP contribution >= 0.6 is 23.2 Å². The number of alkyl halides is 3. The molecule has 0 radical (unpaired) electrons. The molecule has 1 aliphatic rings. The van der Waals surface area contributed by atoms with Gasteiger partial charge < -0.3 is 10.2 Å². The van der Waals surface area contributed by atoms with Crippen molar-refractivity contribution >= 4 is 40.5 Å². The molecule has 0 aromatic heterocycles. The van der Waals surface area contributed by atoms with Crippen LogP contribution in [-0.4, -0.2) is 43.5 Å². The molecule has 3 rings (SSSR count). The number of nitrogens with zero attached hydrogens (tertiary/aromatic N) is 2. The van der Waals surface area contributed by atoms with Gasteiger partial charge in [-0.3, -0.25) is 9.69 Å². The number of piperazine rings is 1. The molecule has 1 aliphatic heterocycles. The number of amides is 1. The zero-order chi connectivity index (χ0) is 20.3. The van der Waals surface area contributed by atoms with Crippen LogP contribution in [0.4, 0.5) is 24.5 Å². The Hall–Kier alpha value is -1.96. The van der Waals surface area contributed by atoms with Gasteiger partial charge in [0.25, 0.3) is 0 Å². The third kappa shape index (κ3) is 5.10. The Kier molecular flexibility index (Phi) is 6.37. The normalized spacial score (nSPS) is 15.5. The van der Waals surface area contributed by atoms with Crippen molar-refractivity contribution in [3.8, 4) is 0 Å². The van der Waals surface area contributed by atoms with Gasteiger partial charge in [-0.2, -0.15) is 13.2 Å². The van der Waals surface area contributed by atoms with Gasteiger partial charge in [-0.15, -0.1) is 0 Å². The highest BCUT2D eigenvalue weighted by Gasteiger charge is 2.34. The largest absolute Gasteiger partial charge is 0.418 e. The summed E-state index contributed by atoms with van der Waals surface area (Å²) in [6.07, 6.45) is -4.60. The van der Waals surface area contributed by atoms with E-state index in [0.29, 0.717) is 31.2 Å². The number of carbonyl (C=O) groups is 1. The van der Waals surface area contributed by atoms with Crippen LogP contribution in [0.3, 0.4) is 0 Å². The first-order valence-electron chi connectivity index (χ1n) is 8.62. The topological polar surface area (TPSA) is 35.6 Å². The molecule has 1 amide bonds. The average Bonchev–Trinajstić information content (AvgIpc) is 2.63. The number of rotatable bonds is 4. The number of para-hydroxylation sites is 1. The summed E-state index contributed by atoms with van der Waals surface area (Å²) in [6.45, 7) is 2.56. The van der Waals surface area contributed by atoms with Crippen LogP contribution in [0.2, 0.25) is 10.0 Å². The molecule has 0 bridgehead atoms. The van der Waals surface area contributed by atoms with Gasteiger partial charge in [-0.1, -0.05) is 35.3 Å². The minimum absolute atomic E-state index is 0.0102. The molecule has 2 aromatic carbocycles. The van der Waals surface area contributed by atoms with Crippen molar-refractivity contribution in [1.29, 1.82) is 0 Å². The number of nitrogens with one attached hydrogen (secondary N) is 1. The lowest BCUT2D eigenvalue weighted by atomic mass is 10.1. The molecule has 0 aliphatic carbocycles. The summed E-state index contributed by atoms with van der Waals surface area (Å²) in [6, 6.07) is 10.8. The number of benzene rings is 2. The third-order valence-electron chi connectivity index (χ3n) is 4.49. The minimum atomic E-state index is -4.60. The monoisotopic (exact) mass is 431 g/mol. The van der Waals surface area contributed by atoms with Crippen LogP contribution in [0.1, 0.15) is 5.56 Å². The summed E-state index contributed by atoms with van der Waals surface area (Å²) in [5, 5.41) is 2.97. The Morgan fingerprint density at radius 3 is 2.36 bits per heavy atom. The van der Waals surface area contributed by atoms with Gasteiger partial charge in [-0.05, 0) is 30.3 Å². The molecule has 150 valence electrons. The van der Waals surface area contributed by atoms with Gasteiger partial charge in [0.2, 0.25) is 5.91 Å². The van der Waals surface area contributed by atoms with Crippen LogP contribution in [0, 0.1) is 0 Å². The van der Waals surface area contributed by atoms with Crippen molar-refractivity contribution in [2.24, 2.45) is 0 Å². The average molecular weight is 432 g/mol. The third-order valence-corrected chi connectivity index (χ3v) is 5.05. The fourth-order valence-corrected chi connectivity index (χ4v) is 3.54. The van der Waals surface area contributed by atoms with E-state index < -0.39 is 17.6 Å². The Morgan fingerprint density at radius 2 is 1.71 bits per heavy atom. The van der Waals surface area contributed by atoms with Crippen LogP contribution in [-0.2, 0) is 11.0 Å². The summed E-state index contributed by atoms with van der Waals surface area (Å²) >= 11 is 11.9. The van der Waals surface area contributed by atoms with Crippen molar-refractivity contribution in [3.05, 3.63) is 58.1 Å². The molecular weight excluding hydrogens is 414 g/mol. The molecule has 2 aromatic rings. The highest BCUT2D eigenvalue weighted by Crippen LogP contribution is 2.36. The summed E-state index contributed by atoms with van der Waals surface area (Å²) in [4.78, 5) is 16.3. The Labute approximate surface area is 170 Å². The van der Waals surface area contributed by atoms with Gasteiger partial charge in [0.1, 0.15) is 0 Å². The molecule has 0 saturated carbocycles. The van der Waals surface area contributed by atoms with Crippen molar-refractivity contribution in [1.82, 2.24) is 4.90 Å². The van der Waals surface area contributed by atoms with E-state index in [0.717, 1.165) is 11.8 Å². The second-order valence-electron chi connectivity index (χ2n) is 6.45. The fraction of sp³-hybridized carbons (Fsp3) is 0.316. The van der Waals surface area contributed by atoms with E-state index in [9.17, 15) is 18.0 Å². The predicted molar refractivity (Wildman–Crippen MR) is 105 cm³/mol. The molecular formula is C19H18Cl2F3N3O. The Balaban J connectivity index is 1.58. The quantitative estimate of drug-likeness (QED) is 0.756. The highest BCUT2D eigenvalue weighted by atomic mass is 35.5. The molecule has 1 N–H and O–H groups in total. The van der Waals surface area contributed by atoms with E-state index in [4.69, 9.17) is 23.2 Å². The van der Waals surface area contributed by atoms with E-state index in [1.165, 1.54) is 12.1 Å². The van der Waals surface area contributed by atoms with Gasteiger partial charge in [0.05, 0.1) is 28.5 Å². The van der Waals surface area contributed by atoms with E-state index >= 15 is 0 Å². The number of carbonyl (C=O) groups excluding carboxylic acids is 1. The smallest absolute Gasteiger partial charge is 0.368 e. The van der Waals surface area contributed by atoms with E-state index in [1.807, 2.05) is 29.2 Å². The second kappa shape index (κ2) is 8.59. The SMILES string of the molecule is O=C(CN1CCN(c2ccccc2Cl)CC1)Nc1ccc(Cl)cc1C(F)(F)F. The van der Waals surface area contributed by atoms with Crippen molar-refractivity contribution in [3.63, 3.8) is 0 Å². The highest BCUT2D eigenvalue weighted by molar-refractivity contribution is 6.33. The maximum atomic E-state index is 13.1. The maximum absolute atomic E-state index is 13.1. The lowest BCUT2D eigenvalue weighted by molar-refractivity contribution is -0.137. The first-order valence-corrected chi connectivity index (χ1v) is 9.38. The molecule has 0 unspecified atom stereocenters. The van der Waals surface area contributed by atoms with Crippen LogP contribution < -0.4 is 10.2 Å². The first-order chi connectivity index (χ1) is 13.2. The number of anilines is 2. The summed E-state index contributed by atoms with van der Waals surface area (Å²) < 4.78 is 39.4. The van der Waals surface area contributed by atoms with E-state index in [2.05, 4.69) is 10.2 Å². The predicted octanol–water partition coefficient (Wildman–Crippen LogP) is 4.77. The lowest BCUT2D eigenvalue weighted by Crippen LogP contribution is -2.48. The molecule has 1 fully saturated rings. The van der Waals surface area contributed by atoms with Gasteiger partial charge in [0, 0.05) is 31.2 Å². The standard InChI is InChI=1S/C19H18Cl2F3N3O/c20-13-5-6-16(14(11-13)19(22,23)24)25-18(28)12-26-7-9-27(10-8-26)17-4-2-1-3-15(17)21/h1-6,11H,7-10,12H2,(H,25,28). The lowest BCUT2D eigenvalue weighted by Gasteiger charge is -2.36. The van der Waals surface area contributed by atoms with Crippen molar-refractivity contribution in [2.75, 3.05) is 42.9 Å². The molecule has 9 heteroatoms. The second-order valence-corrected chi connectivity index (χ2v) is 7.29. The molecule has 1 saturated heterocycles. The molecule has 28 heavy (non-hydrogen) atoms. The first kappa shape index (κ1) is 20.8. The van der Waals surface area contributed by atoms with Crippen molar-refractivity contribution < 1.29 is 18.0 Å². The number of hydrogen-bond donors (Lipinski definition) is 1. The van der Waals surface area contributed by atoms with Gasteiger partial charge in [-0.25, -0.2) is 0 Å².